The van der Waals surface area contributed by atoms with E-state index in [9.17, 15) is 14.4 Å². The van der Waals surface area contributed by atoms with Crippen LogP contribution in [0.1, 0.15) is 32.3 Å². The molecule has 0 aliphatic carbocycles. The minimum atomic E-state index is -0.491. The van der Waals surface area contributed by atoms with Crippen molar-refractivity contribution in [2.24, 2.45) is 0 Å². The molecule has 33 heavy (non-hydrogen) atoms. The number of thioether (sulfide) groups is 1. The van der Waals surface area contributed by atoms with E-state index in [1.165, 1.54) is 0 Å². The maximum Gasteiger partial charge on any atom is 0.278 e. The van der Waals surface area contributed by atoms with Gasteiger partial charge >= 0.3 is 0 Å². The summed E-state index contributed by atoms with van der Waals surface area (Å²) in [7, 11) is 0. The van der Waals surface area contributed by atoms with Crippen molar-refractivity contribution in [2.45, 2.75) is 44.0 Å². The topological polar surface area (TPSA) is 117 Å². The van der Waals surface area contributed by atoms with E-state index in [-0.39, 0.29) is 22.7 Å². The minimum absolute atomic E-state index is 0.0908. The molecule has 0 saturated heterocycles. The summed E-state index contributed by atoms with van der Waals surface area (Å²) < 4.78 is 0. The lowest BCUT2D eigenvalue weighted by atomic mass is 10.1. The van der Waals surface area contributed by atoms with E-state index in [4.69, 9.17) is 11.6 Å². The molecule has 0 radical (unpaired) electrons. The van der Waals surface area contributed by atoms with Gasteiger partial charge in [0, 0.05) is 22.7 Å². The standard InChI is InChI=1S/C23H24ClN5O3S/c1-4-18(21(31)25-15-9-7-14(24)8-10-15)33-23-27-22(32)20(28-29-23)16-12-13(3)6-11-17(16)26-19(30)5-2/h6-12,18H,4-5H2,1-3H3,(H,25,31)(H,26,30)(H,27,29,32). The van der Waals surface area contributed by atoms with Crippen molar-refractivity contribution in [3.05, 3.63) is 63.4 Å². The number of hydrogen-bond donors (Lipinski definition) is 3. The molecule has 2 aromatic carbocycles. The van der Waals surface area contributed by atoms with Crippen molar-refractivity contribution in [3.63, 3.8) is 0 Å². The molecule has 3 rings (SSSR count). The van der Waals surface area contributed by atoms with E-state index in [1.54, 1.807) is 43.3 Å². The van der Waals surface area contributed by atoms with Crippen molar-refractivity contribution in [1.29, 1.82) is 0 Å². The van der Waals surface area contributed by atoms with Crippen molar-refractivity contribution >= 4 is 46.6 Å². The number of halogens is 1. The maximum absolute atomic E-state index is 12.8. The van der Waals surface area contributed by atoms with Crippen LogP contribution < -0.4 is 16.2 Å². The van der Waals surface area contributed by atoms with Crippen LogP contribution in [-0.2, 0) is 9.59 Å². The van der Waals surface area contributed by atoms with Gasteiger partial charge in [-0.3, -0.25) is 19.4 Å². The molecule has 1 atom stereocenters. The van der Waals surface area contributed by atoms with Crippen LogP contribution >= 0.6 is 23.4 Å². The number of anilines is 2. The lowest BCUT2D eigenvalue weighted by Gasteiger charge is -2.14. The second-order valence-electron chi connectivity index (χ2n) is 7.27. The third-order valence-electron chi connectivity index (χ3n) is 4.73. The Kier molecular flexibility index (Phi) is 8.24. The average Bonchev–Trinajstić information content (AvgIpc) is 2.80. The highest BCUT2D eigenvalue weighted by molar-refractivity contribution is 8.00. The van der Waals surface area contributed by atoms with E-state index >= 15 is 0 Å². The first kappa shape index (κ1) is 24.5. The molecule has 3 N–H and O–H groups in total. The number of carbonyl (C=O) groups is 2. The lowest BCUT2D eigenvalue weighted by Crippen LogP contribution is -2.25. The number of nitrogens with one attached hydrogen (secondary N) is 3. The van der Waals surface area contributed by atoms with Crippen LogP contribution in [0.15, 0.2) is 52.4 Å². The molecule has 1 aromatic heterocycles. The Bertz CT molecular complexity index is 1210. The highest BCUT2D eigenvalue weighted by atomic mass is 35.5. The molecule has 0 aliphatic rings. The van der Waals surface area contributed by atoms with E-state index < -0.39 is 10.8 Å². The van der Waals surface area contributed by atoms with Gasteiger partial charge in [0.25, 0.3) is 5.56 Å². The van der Waals surface area contributed by atoms with Gasteiger partial charge in [-0.2, -0.15) is 0 Å². The van der Waals surface area contributed by atoms with Gasteiger partial charge in [0.15, 0.2) is 10.9 Å². The minimum Gasteiger partial charge on any atom is -0.325 e. The van der Waals surface area contributed by atoms with Crippen LogP contribution in [0.25, 0.3) is 11.3 Å². The molecule has 10 heteroatoms. The van der Waals surface area contributed by atoms with Crippen LogP contribution in [0.2, 0.25) is 5.02 Å². The molecule has 0 saturated carbocycles. The van der Waals surface area contributed by atoms with Crippen LogP contribution in [0, 0.1) is 6.92 Å². The predicted octanol–water partition coefficient (Wildman–Crippen LogP) is 4.65. The second kappa shape index (κ2) is 11.1. The van der Waals surface area contributed by atoms with Crippen LogP contribution in [0.5, 0.6) is 0 Å². The molecule has 1 heterocycles. The zero-order valence-electron chi connectivity index (χ0n) is 18.4. The van der Waals surface area contributed by atoms with Crippen LogP contribution in [0.4, 0.5) is 11.4 Å². The Morgan fingerprint density at radius 1 is 1.09 bits per heavy atom. The number of aryl methyl sites for hydroxylation is 1. The number of aromatic amines is 1. The zero-order valence-corrected chi connectivity index (χ0v) is 20.0. The first-order valence-corrected chi connectivity index (χ1v) is 11.7. The predicted molar refractivity (Wildman–Crippen MR) is 132 cm³/mol. The second-order valence-corrected chi connectivity index (χ2v) is 8.90. The SMILES string of the molecule is CCC(=O)Nc1ccc(C)cc1-c1nnc(SC(CC)C(=O)Nc2ccc(Cl)cc2)[nH]c1=O. The number of carbonyl (C=O) groups excluding carboxylic acids is 2. The number of rotatable bonds is 8. The summed E-state index contributed by atoms with van der Waals surface area (Å²) in [6.07, 6.45) is 0.821. The van der Waals surface area contributed by atoms with Crippen molar-refractivity contribution in [3.8, 4) is 11.3 Å². The molecule has 1 unspecified atom stereocenters. The molecule has 0 fully saturated rings. The monoisotopic (exact) mass is 485 g/mol. The number of aromatic nitrogens is 3. The van der Waals surface area contributed by atoms with Crippen LogP contribution in [0.3, 0.4) is 0 Å². The lowest BCUT2D eigenvalue weighted by molar-refractivity contribution is -0.116. The number of H-pyrrole nitrogens is 1. The molecular weight excluding hydrogens is 462 g/mol. The summed E-state index contributed by atoms with van der Waals surface area (Å²) in [5.41, 5.74) is 2.13. The highest BCUT2D eigenvalue weighted by Crippen LogP contribution is 2.27. The largest absolute Gasteiger partial charge is 0.325 e. The van der Waals surface area contributed by atoms with Gasteiger partial charge in [0.1, 0.15) is 0 Å². The van der Waals surface area contributed by atoms with Gasteiger partial charge in [0.2, 0.25) is 11.8 Å². The molecule has 2 amide bonds. The van der Waals surface area contributed by atoms with Crippen molar-refractivity contribution < 1.29 is 9.59 Å². The summed E-state index contributed by atoms with van der Waals surface area (Å²) in [6, 6.07) is 12.1. The number of nitrogens with zero attached hydrogens (tertiary/aromatic N) is 2. The number of amides is 2. The summed E-state index contributed by atoms with van der Waals surface area (Å²) >= 11 is 7.00. The Labute approximate surface area is 200 Å². The molecule has 0 spiro atoms. The van der Waals surface area contributed by atoms with Gasteiger partial charge in [-0.1, -0.05) is 48.8 Å². The van der Waals surface area contributed by atoms with E-state index in [0.717, 1.165) is 17.3 Å². The molecular formula is C23H24ClN5O3S. The quantitative estimate of drug-likeness (QED) is 0.400. The third-order valence-corrected chi connectivity index (χ3v) is 6.22. The van der Waals surface area contributed by atoms with E-state index in [2.05, 4.69) is 25.8 Å². The summed E-state index contributed by atoms with van der Waals surface area (Å²) in [5, 5.41) is 14.2. The molecule has 8 nitrogen and oxygen atoms in total. The first-order valence-electron chi connectivity index (χ1n) is 10.4. The van der Waals surface area contributed by atoms with Gasteiger partial charge in [0.05, 0.1) is 10.9 Å². The van der Waals surface area contributed by atoms with Crippen LogP contribution in [-0.4, -0.2) is 32.2 Å². The normalized spacial score (nSPS) is 11.6. The first-order chi connectivity index (χ1) is 15.8. The summed E-state index contributed by atoms with van der Waals surface area (Å²) in [4.78, 5) is 40.1. The summed E-state index contributed by atoms with van der Waals surface area (Å²) in [6.45, 7) is 5.50. The Morgan fingerprint density at radius 3 is 2.45 bits per heavy atom. The fraction of sp³-hybridized carbons (Fsp3) is 0.261. The fourth-order valence-electron chi connectivity index (χ4n) is 2.97. The third kappa shape index (κ3) is 6.43. The van der Waals surface area contributed by atoms with Crippen molar-refractivity contribution in [2.75, 3.05) is 10.6 Å². The number of benzene rings is 2. The van der Waals surface area contributed by atoms with Crippen molar-refractivity contribution in [1.82, 2.24) is 15.2 Å². The molecule has 0 aliphatic heterocycles. The van der Waals surface area contributed by atoms with Gasteiger partial charge < -0.3 is 10.6 Å². The summed E-state index contributed by atoms with van der Waals surface area (Å²) in [5.74, 6) is -0.394. The molecule has 3 aromatic rings. The average molecular weight is 486 g/mol. The van der Waals surface area contributed by atoms with Gasteiger partial charge in [-0.15, -0.1) is 10.2 Å². The highest BCUT2D eigenvalue weighted by Gasteiger charge is 2.21. The van der Waals surface area contributed by atoms with E-state index in [1.807, 2.05) is 19.9 Å². The Balaban J connectivity index is 1.81. The van der Waals surface area contributed by atoms with Gasteiger partial charge in [-0.05, 0) is 49.7 Å². The maximum atomic E-state index is 12.8. The Hall–Kier alpha value is -3.17. The zero-order chi connectivity index (χ0) is 24.0. The number of hydrogen-bond acceptors (Lipinski definition) is 6. The van der Waals surface area contributed by atoms with Gasteiger partial charge in [-0.25, -0.2) is 0 Å². The molecule has 172 valence electrons. The smallest absolute Gasteiger partial charge is 0.278 e. The Morgan fingerprint density at radius 2 is 1.82 bits per heavy atom. The fourth-order valence-corrected chi connectivity index (χ4v) is 3.93. The van der Waals surface area contributed by atoms with E-state index in [0.29, 0.717) is 34.8 Å². The molecule has 0 bridgehead atoms.